The van der Waals surface area contributed by atoms with Gasteiger partial charge >= 0.3 is 19.5 Å². The molecule has 7 nitrogen and oxygen atoms in total. The van der Waals surface area contributed by atoms with E-state index in [0.717, 1.165) is 5.56 Å². The molecular formula is C14H17O7P. The van der Waals surface area contributed by atoms with Crippen molar-refractivity contribution in [2.45, 2.75) is 18.9 Å². The molecule has 0 aromatic heterocycles. The largest absolute Gasteiger partial charge is 0.481 e. The fourth-order valence-corrected chi connectivity index (χ4v) is 2.65. The van der Waals surface area contributed by atoms with E-state index in [1.165, 1.54) is 6.08 Å². The molecule has 120 valence electrons. The van der Waals surface area contributed by atoms with E-state index >= 15 is 0 Å². The first-order chi connectivity index (χ1) is 10.3. The van der Waals surface area contributed by atoms with Crippen LogP contribution in [0, 0.1) is 0 Å². The highest BCUT2D eigenvalue weighted by molar-refractivity contribution is 7.53. The van der Waals surface area contributed by atoms with Crippen LogP contribution in [0.5, 0.6) is 0 Å². The van der Waals surface area contributed by atoms with Gasteiger partial charge in [-0.1, -0.05) is 42.5 Å². The molecule has 0 saturated carbocycles. The molecular weight excluding hydrogens is 311 g/mol. The van der Waals surface area contributed by atoms with Crippen LogP contribution in [0.25, 0.3) is 6.08 Å². The van der Waals surface area contributed by atoms with Gasteiger partial charge in [0.15, 0.2) is 6.10 Å². The van der Waals surface area contributed by atoms with Crippen molar-refractivity contribution in [1.82, 2.24) is 0 Å². The number of hydrogen-bond acceptors (Lipinski definition) is 4. The van der Waals surface area contributed by atoms with Crippen LogP contribution < -0.4 is 0 Å². The second-order valence-corrected chi connectivity index (χ2v) is 6.35. The molecule has 2 atom stereocenters. The third-order valence-electron chi connectivity index (χ3n) is 2.63. The Labute approximate surface area is 127 Å². The number of carboxylic acids is 2. The van der Waals surface area contributed by atoms with Crippen molar-refractivity contribution in [3.05, 3.63) is 42.0 Å². The van der Waals surface area contributed by atoms with Gasteiger partial charge in [-0.3, -0.25) is 13.9 Å². The molecule has 0 aliphatic carbocycles. The first kappa shape index (κ1) is 18.1. The summed E-state index contributed by atoms with van der Waals surface area (Å²) in [4.78, 5) is 31.0. The summed E-state index contributed by atoms with van der Waals surface area (Å²) < 4.78 is 16.5. The first-order valence-corrected chi connectivity index (χ1v) is 8.23. The standard InChI is InChI=1S/C14H17O7P/c15-13(16)9-8-12(14(17)18)21-22(19,20)10-4-7-11-5-2-1-3-6-11/h1-7,12H,8-10H2,(H,15,16)(H,17,18)(H,19,20). The summed E-state index contributed by atoms with van der Waals surface area (Å²) in [5, 5.41) is 17.4. The molecule has 2 unspecified atom stereocenters. The Morgan fingerprint density at radius 1 is 1.23 bits per heavy atom. The van der Waals surface area contributed by atoms with E-state index in [-0.39, 0.29) is 12.6 Å². The normalized spacial score (nSPS) is 15.3. The van der Waals surface area contributed by atoms with Crippen LogP contribution in [0.4, 0.5) is 0 Å². The molecule has 0 saturated heterocycles. The predicted molar refractivity (Wildman–Crippen MR) is 79.5 cm³/mol. The molecule has 0 heterocycles. The van der Waals surface area contributed by atoms with Gasteiger partial charge in [0, 0.05) is 6.42 Å². The van der Waals surface area contributed by atoms with E-state index in [1.54, 1.807) is 30.3 Å². The monoisotopic (exact) mass is 328 g/mol. The van der Waals surface area contributed by atoms with Gasteiger partial charge in [0.05, 0.1) is 6.16 Å². The summed E-state index contributed by atoms with van der Waals surface area (Å²) in [5.41, 5.74) is 0.822. The zero-order valence-electron chi connectivity index (χ0n) is 11.7. The Balaban J connectivity index is 2.60. The van der Waals surface area contributed by atoms with Crippen molar-refractivity contribution in [1.29, 1.82) is 0 Å². The summed E-state index contributed by atoms with van der Waals surface area (Å²) in [7, 11) is -4.16. The van der Waals surface area contributed by atoms with Crippen molar-refractivity contribution in [3.63, 3.8) is 0 Å². The molecule has 0 spiro atoms. The minimum atomic E-state index is -4.16. The molecule has 0 fully saturated rings. The lowest BCUT2D eigenvalue weighted by Gasteiger charge is -2.16. The van der Waals surface area contributed by atoms with Crippen molar-refractivity contribution in [2.75, 3.05) is 6.16 Å². The predicted octanol–water partition coefficient (Wildman–Crippen LogP) is 2.22. The van der Waals surface area contributed by atoms with E-state index in [2.05, 4.69) is 4.52 Å². The van der Waals surface area contributed by atoms with Crippen LogP contribution in [-0.4, -0.2) is 39.3 Å². The molecule has 22 heavy (non-hydrogen) atoms. The summed E-state index contributed by atoms with van der Waals surface area (Å²) >= 11 is 0. The van der Waals surface area contributed by atoms with Gasteiger partial charge in [-0.25, -0.2) is 4.79 Å². The Kier molecular flexibility index (Phi) is 6.98. The maximum atomic E-state index is 11.8. The van der Waals surface area contributed by atoms with Gasteiger partial charge in [-0.05, 0) is 12.0 Å². The van der Waals surface area contributed by atoms with Gasteiger partial charge in [0.2, 0.25) is 0 Å². The maximum Gasteiger partial charge on any atom is 0.333 e. The Morgan fingerprint density at radius 2 is 1.86 bits per heavy atom. The molecule has 0 aliphatic rings. The van der Waals surface area contributed by atoms with E-state index in [1.807, 2.05) is 6.07 Å². The van der Waals surface area contributed by atoms with Crippen molar-refractivity contribution in [3.8, 4) is 0 Å². The second-order valence-electron chi connectivity index (χ2n) is 4.50. The highest BCUT2D eigenvalue weighted by Crippen LogP contribution is 2.44. The third-order valence-corrected chi connectivity index (χ3v) is 3.89. The van der Waals surface area contributed by atoms with Crippen LogP contribution in [0.3, 0.4) is 0 Å². The van der Waals surface area contributed by atoms with Crippen molar-refractivity contribution >= 4 is 25.6 Å². The fraction of sp³-hybridized carbons (Fsp3) is 0.286. The minimum absolute atomic E-state index is 0.362. The molecule has 1 rings (SSSR count). The van der Waals surface area contributed by atoms with Gasteiger partial charge in [0.25, 0.3) is 0 Å². The zero-order valence-corrected chi connectivity index (χ0v) is 12.6. The quantitative estimate of drug-likeness (QED) is 0.594. The molecule has 0 aliphatic heterocycles. The Bertz CT molecular complexity index is 582. The number of allylic oxidation sites excluding steroid dienone is 1. The fourth-order valence-electron chi connectivity index (χ4n) is 1.60. The van der Waals surface area contributed by atoms with E-state index in [0.29, 0.717) is 0 Å². The molecule has 0 radical (unpaired) electrons. The van der Waals surface area contributed by atoms with Crippen LogP contribution >= 0.6 is 7.60 Å². The van der Waals surface area contributed by atoms with Gasteiger partial charge < -0.3 is 15.1 Å². The lowest BCUT2D eigenvalue weighted by atomic mass is 10.2. The highest BCUT2D eigenvalue weighted by Gasteiger charge is 2.29. The average Bonchev–Trinajstić information content (AvgIpc) is 2.44. The van der Waals surface area contributed by atoms with Gasteiger partial charge in [-0.2, -0.15) is 0 Å². The van der Waals surface area contributed by atoms with E-state index < -0.39 is 32.1 Å². The van der Waals surface area contributed by atoms with Gasteiger partial charge in [-0.15, -0.1) is 0 Å². The summed E-state index contributed by atoms with van der Waals surface area (Å²) in [6, 6.07) is 9.04. The zero-order chi connectivity index (χ0) is 16.6. The maximum absolute atomic E-state index is 11.8. The molecule has 1 aromatic rings. The van der Waals surface area contributed by atoms with Crippen molar-refractivity contribution < 1.29 is 33.8 Å². The number of hydrogen-bond donors (Lipinski definition) is 3. The van der Waals surface area contributed by atoms with Crippen molar-refractivity contribution in [2.24, 2.45) is 0 Å². The number of aliphatic carboxylic acids is 2. The number of carbonyl (C=O) groups is 2. The highest BCUT2D eigenvalue weighted by atomic mass is 31.2. The molecule has 3 N–H and O–H groups in total. The molecule has 8 heteroatoms. The molecule has 0 bridgehead atoms. The molecule has 1 aromatic carbocycles. The summed E-state index contributed by atoms with van der Waals surface area (Å²) in [6.45, 7) is 0. The smallest absolute Gasteiger partial charge is 0.333 e. The number of benzene rings is 1. The van der Waals surface area contributed by atoms with Crippen LogP contribution in [-0.2, 0) is 18.7 Å². The Morgan fingerprint density at radius 3 is 2.41 bits per heavy atom. The second kappa shape index (κ2) is 8.48. The van der Waals surface area contributed by atoms with Crippen LogP contribution in [0.2, 0.25) is 0 Å². The topological polar surface area (TPSA) is 121 Å². The van der Waals surface area contributed by atoms with Crippen LogP contribution in [0.1, 0.15) is 18.4 Å². The Hall–Kier alpha value is -1.95. The minimum Gasteiger partial charge on any atom is -0.481 e. The average molecular weight is 328 g/mol. The third kappa shape index (κ3) is 7.17. The lowest BCUT2D eigenvalue weighted by Crippen LogP contribution is -2.24. The summed E-state index contributed by atoms with van der Waals surface area (Å²) in [6.07, 6.45) is 0.190. The SMILES string of the molecule is O=C(O)CCC(OP(=O)(O)CC=Cc1ccccc1)C(=O)O. The van der Waals surface area contributed by atoms with Crippen LogP contribution in [0.15, 0.2) is 36.4 Å². The lowest BCUT2D eigenvalue weighted by molar-refractivity contribution is -0.146. The molecule has 0 amide bonds. The van der Waals surface area contributed by atoms with E-state index in [4.69, 9.17) is 10.2 Å². The van der Waals surface area contributed by atoms with Gasteiger partial charge in [0.1, 0.15) is 0 Å². The van der Waals surface area contributed by atoms with E-state index in [9.17, 15) is 19.0 Å². The first-order valence-electron chi connectivity index (χ1n) is 6.46. The summed E-state index contributed by atoms with van der Waals surface area (Å²) in [5.74, 6) is -2.67. The number of carboxylic acid groups (broad SMARTS) is 2. The number of rotatable bonds is 9.